The highest BCUT2D eigenvalue weighted by Gasteiger charge is 2.60. The Morgan fingerprint density at radius 3 is 2.95 bits per heavy atom. The van der Waals surface area contributed by atoms with Crippen LogP contribution in [0.2, 0.25) is 0 Å². The van der Waals surface area contributed by atoms with Gasteiger partial charge in [0.15, 0.2) is 12.1 Å². The fourth-order valence-corrected chi connectivity index (χ4v) is 4.53. The van der Waals surface area contributed by atoms with Gasteiger partial charge in [0, 0.05) is 30.8 Å². The highest BCUT2D eigenvalue weighted by Crippen LogP contribution is 2.62. The molecule has 0 aromatic rings. The van der Waals surface area contributed by atoms with Crippen molar-refractivity contribution in [2.45, 2.75) is 45.5 Å². The van der Waals surface area contributed by atoms with Gasteiger partial charge < -0.3 is 19.3 Å². The first-order chi connectivity index (χ1) is 9.91. The van der Waals surface area contributed by atoms with Crippen LogP contribution in [0.3, 0.4) is 0 Å². The summed E-state index contributed by atoms with van der Waals surface area (Å²) in [6.07, 6.45) is 2.81. The lowest BCUT2D eigenvalue weighted by molar-refractivity contribution is -0.235. The van der Waals surface area contributed by atoms with E-state index in [1.54, 1.807) is 13.2 Å². The van der Waals surface area contributed by atoms with Crippen LogP contribution in [-0.4, -0.2) is 43.8 Å². The van der Waals surface area contributed by atoms with Crippen LogP contribution in [0, 0.1) is 16.7 Å². The van der Waals surface area contributed by atoms with Crippen molar-refractivity contribution in [3.63, 3.8) is 0 Å². The van der Waals surface area contributed by atoms with Crippen LogP contribution in [0.4, 0.5) is 0 Å². The monoisotopic (exact) mass is 296 g/mol. The zero-order chi connectivity index (χ0) is 15.3. The Morgan fingerprint density at radius 2 is 2.24 bits per heavy atom. The minimum atomic E-state index is -0.773. The van der Waals surface area contributed by atoms with Crippen molar-refractivity contribution in [3.8, 4) is 0 Å². The third-order valence-electron chi connectivity index (χ3n) is 5.66. The number of carbonyl (C=O) groups excluding carboxylic acids is 1. The van der Waals surface area contributed by atoms with E-state index in [4.69, 9.17) is 14.2 Å². The molecule has 1 N–H and O–H groups in total. The average molecular weight is 296 g/mol. The average Bonchev–Trinajstić information content (AvgIpc) is 2.72. The molecule has 1 saturated carbocycles. The summed E-state index contributed by atoms with van der Waals surface area (Å²) < 4.78 is 16.4. The smallest absolute Gasteiger partial charge is 0.156 e. The van der Waals surface area contributed by atoms with Crippen molar-refractivity contribution in [3.05, 3.63) is 11.6 Å². The van der Waals surface area contributed by atoms with E-state index >= 15 is 0 Å². The van der Waals surface area contributed by atoms with Gasteiger partial charge in [-0.3, -0.25) is 4.79 Å². The molecule has 1 spiro atoms. The summed E-state index contributed by atoms with van der Waals surface area (Å²) in [5.74, 6) is 0.333. The molecular formula is C16H24O5. The zero-order valence-corrected chi connectivity index (χ0v) is 12.9. The first kappa shape index (κ1) is 15.2. The van der Waals surface area contributed by atoms with Crippen LogP contribution in [0.15, 0.2) is 11.6 Å². The summed E-state index contributed by atoms with van der Waals surface area (Å²) in [7, 11) is 1.60. The molecular weight excluding hydrogens is 272 g/mol. The summed E-state index contributed by atoms with van der Waals surface area (Å²) in [5, 5.41) is 10.0. The second-order valence-electron chi connectivity index (χ2n) is 6.98. The van der Waals surface area contributed by atoms with Crippen LogP contribution in [0.25, 0.3) is 0 Å². The quantitative estimate of drug-likeness (QED) is 0.631. The molecule has 1 aliphatic heterocycles. The Bertz CT molecular complexity index is 473. The van der Waals surface area contributed by atoms with Gasteiger partial charge in [-0.05, 0) is 18.4 Å². The fraction of sp³-hybridized carbons (Fsp3) is 0.812. The molecule has 5 heteroatoms. The minimum absolute atomic E-state index is 0.0343. The van der Waals surface area contributed by atoms with Gasteiger partial charge in [-0.25, -0.2) is 0 Å². The Morgan fingerprint density at radius 1 is 1.48 bits per heavy atom. The molecule has 0 aromatic carbocycles. The number of ketones is 1. The second-order valence-corrected chi connectivity index (χ2v) is 6.98. The van der Waals surface area contributed by atoms with Gasteiger partial charge in [0.05, 0.1) is 12.7 Å². The molecule has 3 aliphatic rings. The van der Waals surface area contributed by atoms with Gasteiger partial charge in [0.1, 0.15) is 6.79 Å². The van der Waals surface area contributed by atoms with Gasteiger partial charge in [-0.2, -0.15) is 0 Å². The Labute approximate surface area is 125 Å². The molecule has 3 rings (SSSR count). The van der Waals surface area contributed by atoms with E-state index in [1.807, 2.05) is 0 Å². The normalized spacial score (nSPS) is 45.4. The highest BCUT2D eigenvalue weighted by molar-refractivity contribution is 5.95. The fourth-order valence-electron chi connectivity index (χ4n) is 4.53. The molecule has 0 aromatic heterocycles. The van der Waals surface area contributed by atoms with E-state index in [1.165, 1.54) is 0 Å². The van der Waals surface area contributed by atoms with Crippen molar-refractivity contribution in [2.75, 3.05) is 20.5 Å². The molecule has 2 bridgehead atoms. The van der Waals surface area contributed by atoms with E-state index in [0.717, 1.165) is 12.0 Å². The van der Waals surface area contributed by atoms with Crippen molar-refractivity contribution in [1.82, 2.24) is 0 Å². The van der Waals surface area contributed by atoms with E-state index < -0.39 is 6.29 Å². The largest absolute Gasteiger partial charge is 0.368 e. The third-order valence-corrected chi connectivity index (χ3v) is 5.66. The number of aliphatic hydroxyl groups excluding tert-OH is 1. The van der Waals surface area contributed by atoms with E-state index in [0.29, 0.717) is 19.4 Å². The predicted molar refractivity (Wildman–Crippen MR) is 75.4 cm³/mol. The molecule has 21 heavy (non-hydrogen) atoms. The van der Waals surface area contributed by atoms with Crippen molar-refractivity contribution in [2.24, 2.45) is 16.7 Å². The maximum atomic E-state index is 12.1. The van der Waals surface area contributed by atoms with Crippen LogP contribution >= 0.6 is 0 Å². The van der Waals surface area contributed by atoms with Gasteiger partial charge in [0.25, 0.3) is 0 Å². The van der Waals surface area contributed by atoms with E-state index in [2.05, 4.69) is 13.8 Å². The maximum absolute atomic E-state index is 12.1. The van der Waals surface area contributed by atoms with Gasteiger partial charge in [-0.15, -0.1) is 0 Å². The van der Waals surface area contributed by atoms with Gasteiger partial charge in [-0.1, -0.05) is 19.4 Å². The summed E-state index contributed by atoms with van der Waals surface area (Å²) >= 11 is 0. The number of carbonyl (C=O) groups is 1. The summed E-state index contributed by atoms with van der Waals surface area (Å²) in [6, 6.07) is 0. The van der Waals surface area contributed by atoms with Crippen molar-refractivity contribution in [1.29, 1.82) is 0 Å². The van der Waals surface area contributed by atoms with E-state index in [9.17, 15) is 9.90 Å². The van der Waals surface area contributed by atoms with Crippen molar-refractivity contribution >= 4 is 5.78 Å². The number of methoxy groups -OCH3 is 1. The van der Waals surface area contributed by atoms with Crippen molar-refractivity contribution < 1.29 is 24.1 Å². The highest BCUT2D eigenvalue weighted by atomic mass is 16.7. The predicted octanol–water partition coefficient (Wildman–Crippen LogP) is 1.65. The number of hydrogen-bond donors (Lipinski definition) is 1. The lowest BCUT2D eigenvalue weighted by atomic mass is 9.53. The molecule has 2 fully saturated rings. The zero-order valence-electron chi connectivity index (χ0n) is 12.9. The Kier molecular flexibility index (Phi) is 3.72. The first-order valence-corrected chi connectivity index (χ1v) is 7.57. The number of allylic oxidation sites excluding steroid dienone is 1. The number of fused-ring (bicyclic) bond motifs is 1. The van der Waals surface area contributed by atoms with Crippen LogP contribution in [0.5, 0.6) is 0 Å². The lowest BCUT2D eigenvalue weighted by Gasteiger charge is -2.57. The molecule has 0 amide bonds. The SMILES string of the molecule is COCOC[C@]1(C)C2=CC(=O)C[C@]23C[C@@H](O)O[C@@H](C3)[C@@H]1C. The standard InChI is InChI=1S/C16H24O5/c1-10-12-6-16(7-14(18)21-12)5-11(17)4-13(16)15(10,2)8-20-9-19-3/h4,10,12,14,18H,5-9H2,1-3H3/t10-,12-,14-,15-,16-/m0/s1. The Balaban J connectivity index is 1.96. The Hall–Kier alpha value is -0.750. The van der Waals surface area contributed by atoms with Gasteiger partial charge in [0.2, 0.25) is 0 Å². The molecule has 1 saturated heterocycles. The maximum Gasteiger partial charge on any atom is 0.156 e. The molecule has 118 valence electrons. The molecule has 2 aliphatic carbocycles. The molecule has 0 radical (unpaired) electrons. The summed E-state index contributed by atoms with van der Waals surface area (Å²) in [6.45, 7) is 5.00. The number of aliphatic hydroxyl groups is 1. The molecule has 1 heterocycles. The summed E-state index contributed by atoms with van der Waals surface area (Å²) in [4.78, 5) is 12.1. The number of ether oxygens (including phenoxy) is 3. The van der Waals surface area contributed by atoms with E-state index in [-0.39, 0.29) is 35.4 Å². The number of rotatable bonds is 4. The third kappa shape index (κ3) is 2.27. The second kappa shape index (κ2) is 5.16. The molecule has 5 nitrogen and oxygen atoms in total. The number of hydrogen-bond acceptors (Lipinski definition) is 5. The van der Waals surface area contributed by atoms with Crippen LogP contribution in [0.1, 0.15) is 33.1 Å². The summed E-state index contributed by atoms with van der Waals surface area (Å²) in [5.41, 5.74) is 0.646. The first-order valence-electron chi connectivity index (χ1n) is 7.57. The molecule has 0 unspecified atom stereocenters. The topological polar surface area (TPSA) is 65.0 Å². The van der Waals surface area contributed by atoms with Crippen LogP contribution < -0.4 is 0 Å². The van der Waals surface area contributed by atoms with Crippen LogP contribution in [-0.2, 0) is 19.0 Å². The molecule has 5 atom stereocenters. The van der Waals surface area contributed by atoms with Gasteiger partial charge >= 0.3 is 0 Å². The minimum Gasteiger partial charge on any atom is -0.368 e. The lowest BCUT2D eigenvalue weighted by Crippen LogP contribution is -2.56.